The molecule has 1 aromatic heterocycles. The van der Waals surface area contributed by atoms with Crippen LogP contribution in [0.2, 0.25) is 5.02 Å². The molecule has 4 rings (SSSR count). The van der Waals surface area contributed by atoms with Crippen molar-refractivity contribution >= 4 is 40.2 Å². The predicted octanol–water partition coefficient (Wildman–Crippen LogP) is 7.63. The number of aromatic nitrogens is 1. The van der Waals surface area contributed by atoms with Gasteiger partial charge in [-0.05, 0) is 60.9 Å². The molecule has 4 aromatic rings. The zero-order valence-electron chi connectivity index (χ0n) is 18.2. The molecule has 0 aliphatic rings. The van der Waals surface area contributed by atoms with Gasteiger partial charge < -0.3 is 9.67 Å². The average Bonchev–Trinajstić information content (AvgIpc) is 3.08. The predicted molar refractivity (Wildman–Crippen MR) is 133 cm³/mol. The first-order chi connectivity index (χ1) is 15.5. The molecule has 0 fully saturated rings. The summed E-state index contributed by atoms with van der Waals surface area (Å²) in [4.78, 5) is 14.3. The van der Waals surface area contributed by atoms with Crippen LogP contribution in [-0.2, 0) is 17.8 Å². The van der Waals surface area contributed by atoms with E-state index in [-0.39, 0.29) is 0 Å². The first kappa shape index (κ1) is 22.5. The van der Waals surface area contributed by atoms with E-state index in [2.05, 4.69) is 41.8 Å². The van der Waals surface area contributed by atoms with E-state index in [0.717, 1.165) is 44.8 Å². The molecule has 0 aliphatic heterocycles. The molecular formula is C27H26ClNO2S. The SMILES string of the molecule is CCCc1ccc2c(c1)c(Sc1ccccc1)c(C(C)C(=O)O)n2Cc1ccc(Cl)cc1. The second-order valence-electron chi connectivity index (χ2n) is 8.00. The van der Waals surface area contributed by atoms with Gasteiger partial charge in [-0.3, -0.25) is 4.79 Å². The Hall–Kier alpha value is -2.69. The third-order valence-corrected chi connectivity index (χ3v) is 7.05. The van der Waals surface area contributed by atoms with E-state index in [1.807, 2.05) is 42.5 Å². The topological polar surface area (TPSA) is 42.2 Å². The molecule has 0 radical (unpaired) electrons. The van der Waals surface area contributed by atoms with Crippen molar-refractivity contribution in [3.8, 4) is 0 Å². The number of carboxylic acid groups (broad SMARTS) is 1. The molecule has 0 bridgehead atoms. The molecule has 1 heterocycles. The highest BCUT2D eigenvalue weighted by molar-refractivity contribution is 7.99. The molecule has 0 amide bonds. The first-order valence-electron chi connectivity index (χ1n) is 10.8. The van der Waals surface area contributed by atoms with Crippen LogP contribution in [0.25, 0.3) is 10.9 Å². The third-order valence-electron chi connectivity index (χ3n) is 5.66. The molecule has 5 heteroatoms. The minimum atomic E-state index is -0.825. The van der Waals surface area contributed by atoms with Crippen molar-refractivity contribution in [3.05, 3.63) is 94.6 Å². The summed E-state index contributed by atoms with van der Waals surface area (Å²) in [6.45, 7) is 4.54. The van der Waals surface area contributed by atoms with Gasteiger partial charge in [-0.15, -0.1) is 0 Å². The molecular weight excluding hydrogens is 438 g/mol. The van der Waals surface area contributed by atoms with Crippen LogP contribution >= 0.6 is 23.4 Å². The molecule has 3 aromatic carbocycles. The Bertz CT molecular complexity index is 1230. The monoisotopic (exact) mass is 463 g/mol. The fraction of sp³-hybridized carbons (Fsp3) is 0.222. The van der Waals surface area contributed by atoms with Crippen molar-refractivity contribution < 1.29 is 9.90 Å². The van der Waals surface area contributed by atoms with Gasteiger partial charge in [0.25, 0.3) is 0 Å². The number of fused-ring (bicyclic) bond motifs is 1. The lowest BCUT2D eigenvalue weighted by Crippen LogP contribution is -2.14. The Morgan fingerprint density at radius 3 is 2.38 bits per heavy atom. The van der Waals surface area contributed by atoms with Crippen molar-refractivity contribution in [1.82, 2.24) is 4.57 Å². The van der Waals surface area contributed by atoms with E-state index < -0.39 is 11.9 Å². The minimum Gasteiger partial charge on any atom is -0.481 e. The van der Waals surface area contributed by atoms with E-state index in [9.17, 15) is 9.90 Å². The number of halogens is 1. The zero-order chi connectivity index (χ0) is 22.7. The van der Waals surface area contributed by atoms with Gasteiger partial charge in [0.15, 0.2) is 0 Å². The molecule has 0 saturated heterocycles. The van der Waals surface area contributed by atoms with E-state index in [0.29, 0.717) is 11.6 Å². The van der Waals surface area contributed by atoms with Gasteiger partial charge in [-0.2, -0.15) is 0 Å². The summed E-state index contributed by atoms with van der Waals surface area (Å²) >= 11 is 7.73. The number of aliphatic carboxylic acids is 1. The number of hydrogen-bond donors (Lipinski definition) is 1. The minimum absolute atomic E-state index is 0.586. The summed E-state index contributed by atoms with van der Waals surface area (Å²) in [5.41, 5.74) is 4.25. The Morgan fingerprint density at radius 1 is 1.03 bits per heavy atom. The highest BCUT2D eigenvalue weighted by atomic mass is 35.5. The quantitative estimate of drug-likeness (QED) is 0.292. The number of rotatable bonds is 8. The zero-order valence-corrected chi connectivity index (χ0v) is 19.8. The maximum absolute atomic E-state index is 12.2. The van der Waals surface area contributed by atoms with Crippen LogP contribution in [0.15, 0.2) is 82.6 Å². The van der Waals surface area contributed by atoms with Gasteiger partial charge >= 0.3 is 5.97 Å². The molecule has 0 aliphatic carbocycles. The van der Waals surface area contributed by atoms with E-state index in [1.54, 1.807) is 18.7 Å². The second kappa shape index (κ2) is 9.85. The largest absolute Gasteiger partial charge is 0.481 e. The van der Waals surface area contributed by atoms with Crippen molar-refractivity contribution in [3.63, 3.8) is 0 Å². The second-order valence-corrected chi connectivity index (χ2v) is 9.52. The summed E-state index contributed by atoms with van der Waals surface area (Å²) in [6, 6.07) is 24.4. The summed E-state index contributed by atoms with van der Waals surface area (Å²) in [7, 11) is 0. The fourth-order valence-electron chi connectivity index (χ4n) is 4.04. The van der Waals surface area contributed by atoms with Crippen LogP contribution < -0.4 is 0 Å². The maximum atomic E-state index is 12.2. The highest BCUT2D eigenvalue weighted by Crippen LogP contribution is 2.42. The lowest BCUT2D eigenvalue weighted by Gasteiger charge is -2.16. The standard InChI is InChI=1S/C27H26ClNO2S/c1-3-7-19-12-15-24-23(16-19)26(32-22-8-5-4-6-9-22)25(18(2)27(30)31)29(24)17-20-10-13-21(28)14-11-20/h4-6,8-16,18H,3,7,17H2,1-2H3,(H,30,31). The maximum Gasteiger partial charge on any atom is 0.312 e. The molecule has 164 valence electrons. The summed E-state index contributed by atoms with van der Waals surface area (Å²) in [5, 5.41) is 11.8. The molecule has 1 N–H and O–H groups in total. The van der Waals surface area contributed by atoms with Crippen LogP contribution in [0.4, 0.5) is 0 Å². The number of nitrogens with zero attached hydrogens (tertiary/aromatic N) is 1. The average molecular weight is 464 g/mol. The van der Waals surface area contributed by atoms with Crippen LogP contribution in [0.5, 0.6) is 0 Å². The lowest BCUT2D eigenvalue weighted by molar-refractivity contribution is -0.138. The molecule has 32 heavy (non-hydrogen) atoms. The smallest absolute Gasteiger partial charge is 0.312 e. The highest BCUT2D eigenvalue weighted by Gasteiger charge is 2.27. The molecule has 0 spiro atoms. The van der Waals surface area contributed by atoms with Gasteiger partial charge in [0, 0.05) is 38.0 Å². The first-order valence-corrected chi connectivity index (χ1v) is 12.0. The van der Waals surface area contributed by atoms with Crippen LogP contribution in [0, 0.1) is 0 Å². The van der Waals surface area contributed by atoms with E-state index >= 15 is 0 Å². The van der Waals surface area contributed by atoms with Gasteiger partial charge in [0.2, 0.25) is 0 Å². The van der Waals surface area contributed by atoms with Gasteiger partial charge in [0.1, 0.15) is 0 Å². The molecule has 1 unspecified atom stereocenters. The Balaban J connectivity index is 1.95. The molecule has 1 atom stereocenters. The van der Waals surface area contributed by atoms with Gasteiger partial charge in [0.05, 0.1) is 5.92 Å². The number of carboxylic acids is 1. The Kier molecular flexibility index (Phi) is 6.92. The van der Waals surface area contributed by atoms with Crippen molar-refractivity contribution in [1.29, 1.82) is 0 Å². The van der Waals surface area contributed by atoms with Crippen molar-refractivity contribution in [2.45, 2.75) is 48.9 Å². The number of carbonyl (C=O) groups is 1. The van der Waals surface area contributed by atoms with Crippen molar-refractivity contribution in [2.24, 2.45) is 0 Å². The summed E-state index contributed by atoms with van der Waals surface area (Å²) in [6.07, 6.45) is 2.06. The van der Waals surface area contributed by atoms with Crippen LogP contribution in [0.3, 0.4) is 0 Å². The number of benzene rings is 3. The summed E-state index contributed by atoms with van der Waals surface area (Å²) in [5.74, 6) is -1.47. The molecule has 0 saturated carbocycles. The van der Waals surface area contributed by atoms with Gasteiger partial charge in [-0.25, -0.2) is 0 Å². The Labute approximate surface area is 198 Å². The summed E-state index contributed by atoms with van der Waals surface area (Å²) < 4.78 is 2.17. The van der Waals surface area contributed by atoms with Gasteiger partial charge in [-0.1, -0.05) is 73.1 Å². The van der Waals surface area contributed by atoms with Crippen LogP contribution in [-0.4, -0.2) is 15.6 Å². The number of aryl methyl sites for hydroxylation is 1. The number of hydrogen-bond acceptors (Lipinski definition) is 2. The third kappa shape index (κ3) is 4.72. The van der Waals surface area contributed by atoms with Crippen molar-refractivity contribution in [2.75, 3.05) is 0 Å². The van der Waals surface area contributed by atoms with E-state index in [4.69, 9.17) is 11.6 Å². The van der Waals surface area contributed by atoms with E-state index in [1.165, 1.54) is 5.56 Å². The molecule has 3 nitrogen and oxygen atoms in total. The normalized spacial score (nSPS) is 12.2. The lowest BCUT2D eigenvalue weighted by atomic mass is 10.1. The Morgan fingerprint density at radius 2 is 1.72 bits per heavy atom. The van der Waals surface area contributed by atoms with Crippen LogP contribution in [0.1, 0.15) is 43.0 Å². The fourth-order valence-corrected chi connectivity index (χ4v) is 5.36.